The topological polar surface area (TPSA) is 76.9 Å². The summed E-state index contributed by atoms with van der Waals surface area (Å²) in [5.74, 6) is -0.222. The van der Waals surface area contributed by atoms with Gasteiger partial charge >= 0.3 is 0 Å². The van der Waals surface area contributed by atoms with E-state index in [1.807, 2.05) is 0 Å². The maximum absolute atomic E-state index is 13.1. The van der Waals surface area contributed by atoms with E-state index >= 15 is 0 Å². The van der Waals surface area contributed by atoms with Gasteiger partial charge in [-0.2, -0.15) is 5.10 Å². The van der Waals surface area contributed by atoms with Gasteiger partial charge in [-0.15, -0.1) is 0 Å². The highest BCUT2D eigenvalue weighted by molar-refractivity contribution is 7.88. The Labute approximate surface area is 132 Å². The summed E-state index contributed by atoms with van der Waals surface area (Å²) < 4.78 is 42.0. The molecule has 0 amide bonds. The van der Waals surface area contributed by atoms with E-state index < -0.39 is 21.9 Å². The third-order valence-corrected chi connectivity index (χ3v) is 5.13. The first kappa shape index (κ1) is 15.4. The van der Waals surface area contributed by atoms with Crippen LogP contribution in [0.5, 0.6) is 0 Å². The molecule has 1 aromatic heterocycles. The molecule has 1 N–H and O–H groups in total. The summed E-state index contributed by atoms with van der Waals surface area (Å²) >= 11 is 5.68. The number of sulfonamides is 1. The van der Waals surface area contributed by atoms with Gasteiger partial charge in [0, 0.05) is 6.54 Å². The number of hydrogen-bond acceptors (Lipinski definition) is 4. The standard InChI is InChI=1S/C13H14ClFN4O2S/c14-10-6-9(3-4-11(10)15)7-22(20,21)18-12-2-1-5-19-13(12)16-8-17-19/h3-4,6,8,12,18H,1-2,5,7H2/t12-/m0/s1. The molecule has 9 heteroatoms. The molecule has 0 unspecified atom stereocenters. The van der Waals surface area contributed by atoms with E-state index in [4.69, 9.17) is 11.6 Å². The quantitative estimate of drug-likeness (QED) is 0.920. The lowest BCUT2D eigenvalue weighted by Gasteiger charge is -2.23. The first-order valence-electron chi connectivity index (χ1n) is 6.76. The van der Waals surface area contributed by atoms with Gasteiger partial charge in [0.25, 0.3) is 0 Å². The normalized spacial score (nSPS) is 18.2. The number of nitrogens with zero attached hydrogens (tertiary/aromatic N) is 3. The van der Waals surface area contributed by atoms with E-state index in [1.54, 1.807) is 4.68 Å². The van der Waals surface area contributed by atoms with Crippen molar-refractivity contribution < 1.29 is 12.8 Å². The molecule has 6 nitrogen and oxygen atoms in total. The second-order valence-electron chi connectivity index (χ2n) is 5.16. The van der Waals surface area contributed by atoms with Crippen molar-refractivity contribution in [3.8, 4) is 0 Å². The zero-order valence-corrected chi connectivity index (χ0v) is 13.1. The third kappa shape index (κ3) is 3.29. The fraction of sp³-hybridized carbons (Fsp3) is 0.385. The largest absolute Gasteiger partial charge is 0.248 e. The third-order valence-electron chi connectivity index (χ3n) is 3.48. The van der Waals surface area contributed by atoms with Crippen molar-refractivity contribution in [3.05, 3.63) is 46.8 Å². The van der Waals surface area contributed by atoms with Gasteiger partial charge in [-0.25, -0.2) is 27.2 Å². The Bertz CT molecular complexity index is 793. The highest BCUT2D eigenvalue weighted by atomic mass is 35.5. The first-order valence-corrected chi connectivity index (χ1v) is 8.79. The number of benzene rings is 1. The summed E-state index contributed by atoms with van der Waals surface area (Å²) in [6.45, 7) is 0.737. The van der Waals surface area contributed by atoms with Crippen LogP contribution in [-0.4, -0.2) is 23.2 Å². The second kappa shape index (κ2) is 5.94. The molecule has 2 heterocycles. The van der Waals surface area contributed by atoms with Gasteiger partial charge in [-0.05, 0) is 30.5 Å². The van der Waals surface area contributed by atoms with E-state index in [0.717, 1.165) is 19.0 Å². The molecule has 0 saturated carbocycles. The van der Waals surface area contributed by atoms with Gasteiger partial charge in [-0.1, -0.05) is 17.7 Å². The zero-order chi connectivity index (χ0) is 15.7. The summed E-state index contributed by atoms with van der Waals surface area (Å²) in [7, 11) is -3.60. The molecule has 22 heavy (non-hydrogen) atoms. The van der Waals surface area contributed by atoms with Gasteiger partial charge in [0.1, 0.15) is 18.0 Å². The van der Waals surface area contributed by atoms with Gasteiger partial charge < -0.3 is 0 Å². The monoisotopic (exact) mass is 344 g/mol. The minimum Gasteiger partial charge on any atom is -0.248 e. The smallest absolute Gasteiger partial charge is 0.216 e. The van der Waals surface area contributed by atoms with E-state index in [2.05, 4.69) is 14.8 Å². The lowest BCUT2D eigenvalue weighted by molar-refractivity contribution is 0.400. The minimum atomic E-state index is -3.60. The van der Waals surface area contributed by atoms with Gasteiger partial charge in [0.2, 0.25) is 10.0 Å². The fourth-order valence-corrected chi connectivity index (χ4v) is 4.07. The molecule has 1 aromatic carbocycles. The van der Waals surface area contributed by atoms with Gasteiger partial charge in [-0.3, -0.25) is 0 Å². The molecular formula is C13H14ClFN4O2S. The average Bonchev–Trinajstić information content (AvgIpc) is 2.92. The Hall–Kier alpha value is -1.51. The number of aromatic nitrogens is 3. The highest BCUT2D eigenvalue weighted by Gasteiger charge is 2.26. The molecular weight excluding hydrogens is 331 g/mol. The molecule has 0 saturated heterocycles. The van der Waals surface area contributed by atoms with Crippen LogP contribution in [0.2, 0.25) is 5.02 Å². The summed E-state index contributed by atoms with van der Waals surface area (Å²) in [5.41, 5.74) is 0.427. The molecule has 0 aliphatic carbocycles. The molecule has 1 atom stereocenters. The van der Waals surface area contributed by atoms with E-state index in [-0.39, 0.29) is 10.8 Å². The van der Waals surface area contributed by atoms with Crippen molar-refractivity contribution in [2.24, 2.45) is 0 Å². The van der Waals surface area contributed by atoms with Crippen LogP contribution < -0.4 is 4.72 Å². The van der Waals surface area contributed by atoms with Gasteiger partial charge in [0.15, 0.2) is 0 Å². The number of nitrogens with one attached hydrogen (secondary N) is 1. The van der Waals surface area contributed by atoms with Crippen molar-refractivity contribution in [2.75, 3.05) is 0 Å². The molecule has 118 valence electrons. The van der Waals surface area contributed by atoms with Crippen LogP contribution in [-0.2, 0) is 22.3 Å². The van der Waals surface area contributed by atoms with Crippen LogP contribution in [0.25, 0.3) is 0 Å². The predicted octanol–water partition coefficient (Wildman–Crippen LogP) is 2.03. The number of halogens is 2. The summed E-state index contributed by atoms with van der Waals surface area (Å²) in [4.78, 5) is 4.11. The molecule has 3 rings (SSSR count). The zero-order valence-electron chi connectivity index (χ0n) is 11.5. The molecule has 0 spiro atoms. The Morgan fingerprint density at radius 3 is 3.05 bits per heavy atom. The SMILES string of the molecule is O=S(=O)(Cc1ccc(F)c(Cl)c1)N[C@H]1CCCn2ncnc21. The second-order valence-corrected chi connectivity index (χ2v) is 7.32. The van der Waals surface area contributed by atoms with Crippen molar-refractivity contribution in [2.45, 2.75) is 31.2 Å². The average molecular weight is 345 g/mol. The number of aryl methyl sites for hydroxylation is 1. The van der Waals surface area contributed by atoms with Crippen molar-refractivity contribution in [1.82, 2.24) is 19.5 Å². The van der Waals surface area contributed by atoms with E-state index in [9.17, 15) is 12.8 Å². The van der Waals surface area contributed by atoms with Crippen LogP contribution in [0.3, 0.4) is 0 Å². The molecule has 0 radical (unpaired) electrons. The summed E-state index contributed by atoms with van der Waals surface area (Å²) in [6, 6.07) is 3.49. The summed E-state index contributed by atoms with van der Waals surface area (Å²) in [6.07, 6.45) is 2.91. The van der Waals surface area contributed by atoms with Crippen molar-refractivity contribution >= 4 is 21.6 Å². The lowest BCUT2D eigenvalue weighted by atomic mass is 10.1. The Kier molecular flexibility index (Phi) is 4.16. The Morgan fingerprint density at radius 1 is 1.45 bits per heavy atom. The van der Waals surface area contributed by atoms with Crippen molar-refractivity contribution in [1.29, 1.82) is 0 Å². The maximum atomic E-state index is 13.1. The van der Waals surface area contributed by atoms with Crippen LogP contribution in [0.15, 0.2) is 24.5 Å². The van der Waals surface area contributed by atoms with Crippen LogP contribution >= 0.6 is 11.6 Å². The molecule has 2 aromatic rings. The van der Waals surface area contributed by atoms with Crippen LogP contribution in [0, 0.1) is 5.82 Å². The molecule has 0 fully saturated rings. The predicted molar refractivity (Wildman–Crippen MR) is 79.2 cm³/mol. The lowest BCUT2D eigenvalue weighted by Crippen LogP contribution is -2.34. The Morgan fingerprint density at radius 2 is 2.27 bits per heavy atom. The highest BCUT2D eigenvalue weighted by Crippen LogP contribution is 2.24. The number of rotatable bonds is 4. The van der Waals surface area contributed by atoms with Crippen LogP contribution in [0.1, 0.15) is 30.3 Å². The number of fused-ring (bicyclic) bond motifs is 1. The molecule has 0 bridgehead atoms. The summed E-state index contributed by atoms with van der Waals surface area (Å²) in [5, 5.41) is 3.96. The van der Waals surface area contributed by atoms with E-state index in [0.29, 0.717) is 17.8 Å². The number of hydrogen-bond donors (Lipinski definition) is 1. The Balaban J connectivity index is 1.76. The maximum Gasteiger partial charge on any atom is 0.216 e. The molecule has 1 aliphatic heterocycles. The molecule has 1 aliphatic rings. The van der Waals surface area contributed by atoms with Crippen molar-refractivity contribution in [3.63, 3.8) is 0 Å². The van der Waals surface area contributed by atoms with Crippen LogP contribution in [0.4, 0.5) is 4.39 Å². The van der Waals surface area contributed by atoms with Gasteiger partial charge in [0.05, 0.1) is 16.8 Å². The van der Waals surface area contributed by atoms with E-state index in [1.165, 1.54) is 18.5 Å². The fourth-order valence-electron chi connectivity index (χ4n) is 2.51. The minimum absolute atomic E-state index is 0.0925. The first-order chi connectivity index (χ1) is 10.4.